The number of nitrogens with zero attached hydrogens (tertiary/aromatic N) is 1. The molecule has 0 spiro atoms. The molecule has 0 amide bonds. The lowest BCUT2D eigenvalue weighted by atomic mass is 10.1. The molecule has 2 aromatic rings. The van der Waals surface area contributed by atoms with Crippen LogP contribution in [0.25, 0.3) is 0 Å². The van der Waals surface area contributed by atoms with Crippen molar-refractivity contribution in [2.75, 3.05) is 7.05 Å². The molecule has 110 valence electrons. The van der Waals surface area contributed by atoms with Gasteiger partial charge in [-0.3, -0.25) is 4.90 Å². The summed E-state index contributed by atoms with van der Waals surface area (Å²) in [7, 11) is 1.92. The average Bonchev–Trinajstić information content (AvgIpc) is 2.43. The maximum Gasteiger partial charge on any atom is 0.335 e. The molecule has 0 unspecified atom stereocenters. The molecule has 0 aliphatic rings. The molecule has 3 nitrogen and oxygen atoms in total. The lowest BCUT2D eigenvalue weighted by Gasteiger charge is -2.17. The van der Waals surface area contributed by atoms with Gasteiger partial charge in [0.1, 0.15) is 5.82 Å². The van der Waals surface area contributed by atoms with Crippen LogP contribution in [-0.2, 0) is 13.1 Å². The Morgan fingerprint density at radius 1 is 1.19 bits per heavy atom. The summed E-state index contributed by atoms with van der Waals surface area (Å²) >= 11 is 6.10. The fourth-order valence-electron chi connectivity index (χ4n) is 2.06. The number of benzene rings is 2. The van der Waals surface area contributed by atoms with Gasteiger partial charge in [-0.1, -0.05) is 29.8 Å². The molecule has 0 aliphatic carbocycles. The SMILES string of the molecule is CN(Cc1ccc(F)cc1)Cc1ccc(C(=O)O)cc1Cl. The van der Waals surface area contributed by atoms with Crippen LogP contribution in [0.3, 0.4) is 0 Å². The highest BCUT2D eigenvalue weighted by molar-refractivity contribution is 6.31. The summed E-state index contributed by atoms with van der Waals surface area (Å²) in [6.07, 6.45) is 0. The first kappa shape index (κ1) is 15.5. The predicted molar refractivity (Wildman–Crippen MR) is 80.0 cm³/mol. The monoisotopic (exact) mass is 307 g/mol. The number of hydrogen-bond donors (Lipinski definition) is 1. The molecule has 0 fully saturated rings. The topological polar surface area (TPSA) is 40.5 Å². The number of hydrogen-bond acceptors (Lipinski definition) is 2. The van der Waals surface area contributed by atoms with Crippen molar-refractivity contribution in [1.82, 2.24) is 4.90 Å². The predicted octanol–water partition coefficient (Wildman–Crippen LogP) is 3.81. The summed E-state index contributed by atoms with van der Waals surface area (Å²) in [4.78, 5) is 12.9. The Hall–Kier alpha value is -1.91. The Labute approximate surface area is 127 Å². The van der Waals surface area contributed by atoms with Crippen LogP contribution >= 0.6 is 11.6 Å². The second-order valence-corrected chi connectivity index (χ2v) is 5.32. The quantitative estimate of drug-likeness (QED) is 0.913. The van der Waals surface area contributed by atoms with E-state index in [1.54, 1.807) is 18.2 Å². The maximum atomic E-state index is 12.8. The van der Waals surface area contributed by atoms with Gasteiger partial charge in [0.2, 0.25) is 0 Å². The zero-order valence-electron chi connectivity index (χ0n) is 11.5. The lowest BCUT2D eigenvalue weighted by molar-refractivity contribution is 0.0697. The van der Waals surface area contributed by atoms with E-state index in [4.69, 9.17) is 16.7 Å². The van der Waals surface area contributed by atoms with Crippen LogP contribution in [0.5, 0.6) is 0 Å². The number of aromatic carboxylic acids is 1. The van der Waals surface area contributed by atoms with Gasteiger partial charge >= 0.3 is 5.97 Å². The van der Waals surface area contributed by atoms with Crippen molar-refractivity contribution in [1.29, 1.82) is 0 Å². The normalized spacial score (nSPS) is 10.9. The van der Waals surface area contributed by atoms with E-state index in [2.05, 4.69) is 0 Å². The van der Waals surface area contributed by atoms with Gasteiger partial charge in [-0.15, -0.1) is 0 Å². The summed E-state index contributed by atoms with van der Waals surface area (Å²) in [5.74, 6) is -1.25. The van der Waals surface area contributed by atoms with Gasteiger partial charge in [-0.25, -0.2) is 9.18 Å². The molecule has 1 N–H and O–H groups in total. The number of carboxylic acid groups (broad SMARTS) is 1. The van der Waals surface area contributed by atoms with Gasteiger partial charge in [0.25, 0.3) is 0 Å². The minimum absolute atomic E-state index is 0.171. The molecule has 5 heteroatoms. The minimum atomic E-state index is -0.997. The van der Waals surface area contributed by atoms with E-state index >= 15 is 0 Å². The molecule has 0 bridgehead atoms. The summed E-state index contributed by atoms with van der Waals surface area (Å²) in [5, 5.41) is 9.33. The van der Waals surface area contributed by atoms with Gasteiger partial charge in [0.05, 0.1) is 5.56 Å². The summed E-state index contributed by atoms with van der Waals surface area (Å²) in [6.45, 7) is 1.23. The number of halogens is 2. The van der Waals surface area contributed by atoms with Gasteiger partial charge in [0, 0.05) is 18.1 Å². The smallest absolute Gasteiger partial charge is 0.335 e. The second-order valence-electron chi connectivity index (χ2n) is 4.91. The van der Waals surface area contributed by atoms with E-state index in [0.717, 1.165) is 11.1 Å². The minimum Gasteiger partial charge on any atom is -0.478 e. The van der Waals surface area contributed by atoms with Crippen LogP contribution in [0.1, 0.15) is 21.5 Å². The van der Waals surface area contributed by atoms with Crippen LogP contribution in [-0.4, -0.2) is 23.0 Å². The maximum absolute atomic E-state index is 12.8. The summed E-state index contributed by atoms with van der Waals surface area (Å²) in [6, 6.07) is 11.0. The van der Waals surface area contributed by atoms with Crippen molar-refractivity contribution < 1.29 is 14.3 Å². The third kappa shape index (κ3) is 4.28. The largest absolute Gasteiger partial charge is 0.478 e. The highest BCUT2D eigenvalue weighted by Gasteiger charge is 2.09. The molecule has 0 heterocycles. The van der Waals surface area contributed by atoms with Crippen LogP contribution in [0.2, 0.25) is 5.02 Å². The van der Waals surface area contributed by atoms with Crippen LogP contribution < -0.4 is 0 Å². The molecule has 2 aromatic carbocycles. The van der Waals surface area contributed by atoms with Gasteiger partial charge in [-0.2, -0.15) is 0 Å². The highest BCUT2D eigenvalue weighted by atomic mass is 35.5. The second kappa shape index (κ2) is 6.70. The Morgan fingerprint density at radius 2 is 1.86 bits per heavy atom. The van der Waals surface area contributed by atoms with Crippen molar-refractivity contribution in [2.45, 2.75) is 13.1 Å². The van der Waals surface area contributed by atoms with Gasteiger partial charge in [0.15, 0.2) is 0 Å². The van der Waals surface area contributed by atoms with Crippen LogP contribution in [0, 0.1) is 5.82 Å². The zero-order chi connectivity index (χ0) is 15.4. The Balaban J connectivity index is 2.04. The molecule has 0 aliphatic heterocycles. The molecular weight excluding hydrogens is 293 g/mol. The third-order valence-corrected chi connectivity index (χ3v) is 3.46. The summed E-state index contributed by atoms with van der Waals surface area (Å²) < 4.78 is 12.8. The van der Waals surface area contributed by atoms with E-state index in [0.29, 0.717) is 18.1 Å². The van der Waals surface area contributed by atoms with Crippen molar-refractivity contribution in [3.8, 4) is 0 Å². The molecule has 0 aromatic heterocycles. The summed E-state index contributed by atoms with van der Waals surface area (Å²) in [5.41, 5.74) is 2.02. The van der Waals surface area contributed by atoms with Crippen molar-refractivity contribution in [3.63, 3.8) is 0 Å². The van der Waals surface area contributed by atoms with E-state index in [9.17, 15) is 9.18 Å². The Morgan fingerprint density at radius 3 is 2.43 bits per heavy atom. The van der Waals surface area contributed by atoms with Gasteiger partial charge in [-0.05, 0) is 42.4 Å². The van der Waals surface area contributed by atoms with Gasteiger partial charge < -0.3 is 5.11 Å². The fourth-order valence-corrected chi connectivity index (χ4v) is 2.30. The zero-order valence-corrected chi connectivity index (χ0v) is 12.3. The molecule has 0 saturated carbocycles. The first-order valence-electron chi connectivity index (χ1n) is 6.40. The van der Waals surface area contributed by atoms with E-state index in [1.807, 2.05) is 11.9 Å². The van der Waals surface area contributed by atoms with Crippen molar-refractivity contribution in [3.05, 3.63) is 70.0 Å². The third-order valence-electron chi connectivity index (χ3n) is 3.11. The molecule has 0 saturated heterocycles. The molecule has 2 rings (SSSR count). The van der Waals surface area contributed by atoms with Crippen LogP contribution in [0.15, 0.2) is 42.5 Å². The fraction of sp³-hybridized carbons (Fsp3) is 0.188. The number of carbonyl (C=O) groups is 1. The first-order valence-corrected chi connectivity index (χ1v) is 6.78. The van der Waals surface area contributed by atoms with E-state index in [-0.39, 0.29) is 11.4 Å². The van der Waals surface area contributed by atoms with E-state index in [1.165, 1.54) is 24.3 Å². The Bertz CT molecular complexity index is 643. The molecular formula is C16H15ClFNO2. The van der Waals surface area contributed by atoms with E-state index < -0.39 is 5.97 Å². The van der Waals surface area contributed by atoms with Crippen molar-refractivity contribution >= 4 is 17.6 Å². The lowest BCUT2D eigenvalue weighted by Crippen LogP contribution is -2.17. The number of carboxylic acids is 1. The average molecular weight is 308 g/mol. The molecule has 21 heavy (non-hydrogen) atoms. The Kier molecular flexibility index (Phi) is 4.94. The highest BCUT2D eigenvalue weighted by Crippen LogP contribution is 2.20. The molecule has 0 radical (unpaired) electrons. The number of rotatable bonds is 5. The van der Waals surface area contributed by atoms with Crippen LogP contribution in [0.4, 0.5) is 4.39 Å². The standard InChI is InChI=1S/C16H15ClFNO2/c1-19(9-11-2-6-14(18)7-3-11)10-13-5-4-12(16(20)21)8-15(13)17/h2-8H,9-10H2,1H3,(H,20,21). The molecule has 0 atom stereocenters. The van der Waals surface area contributed by atoms with Crippen molar-refractivity contribution in [2.24, 2.45) is 0 Å². The first-order chi connectivity index (χ1) is 9.95.